The van der Waals surface area contributed by atoms with E-state index >= 15 is 0 Å². The molecule has 0 radical (unpaired) electrons. The van der Waals surface area contributed by atoms with Gasteiger partial charge in [0.25, 0.3) is 0 Å². The molecule has 0 bridgehead atoms. The maximum absolute atomic E-state index is 6.22. The van der Waals surface area contributed by atoms with Crippen molar-refractivity contribution in [3.8, 4) is 0 Å². The number of hydrogen-bond donors (Lipinski definition) is 0. The molecule has 0 fully saturated rings. The lowest BCUT2D eigenvalue weighted by molar-refractivity contribution is 1.40. The summed E-state index contributed by atoms with van der Waals surface area (Å²) in [7, 11) is 0. The predicted octanol–water partition coefficient (Wildman–Crippen LogP) is 6.37. The van der Waals surface area contributed by atoms with Gasteiger partial charge in [0.1, 0.15) is 5.15 Å². The number of fused-ring (bicyclic) bond motifs is 1. The molecule has 0 saturated carbocycles. The average molecular weight is 335 g/mol. The zero-order valence-electron chi connectivity index (χ0n) is 10.9. The summed E-state index contributed by atoms with van der Waals surface area (Å²) in [4.78, 5) is 4.36. The number of pyridine rings is 1. The van der Waals surface area contributed by atoms with Crippen LogP contribution in [0.5, 0.6) is 0 Å². The van der Waals surface area contributed by atoms with E-state index < -0.39 is 0 Å². The molecular formula is C17H10Cl3N. The van der Waals surface area contributed by atoms with Crippen molar-refractivity contribution >= 4 is 57.9 Å². The molecule has 1 aromatic heterocycles. The molecule has 0 spiro atoms. The van der Waals surface area contributed by atoms with Gasteiger partial charge in [-0.15, -0.1) is 0 Å². The molecule has 0 saturated heterocycles. The largest absolute Gasteiger partial charge is 0.235 e. The van der Waals surface area contributed by atoms with Crippen LogP contribution in [0.3, 0.4) is 0 Å². The van der Waals surface area contributed by atoms with Crippen LogP contribution in [0, 0.1) is 0 Å². The maximum Gasteiger partial charge on any atom is 0.136 e. The molecule has 0 amide bonds. The highest BCUT2D eigenvalue weighted by Crippen LogP contribution is 2.29. The molecular weight excluding hydrogens is 325 g/mol. The van der Waals surface area contributed by atoms with Crippen LogP contribution >= 0.6 is 34.8 Å². The lowest BCUT2D eigenvalue weighted by Gasteiger charge is -2.04. The van der Waals surface area contributed by atoms with E-state index in [0.717, 1.165) is 22.0 Å². The highest BCUT2D eigenvalue weighted by atomic mass is 35.5. The zero-order chi connectivity index (χ0) is 14.8. The van der Waals surface area contributed by atoms with Gasteiger partial charge in [-0.25, -0.2) is 4.98 Å². The summed E-state index contributed by atoms with van der Waals surface area (Å²) < 4.78 is 0. The van der Waals surface area contributed by atoms with Crippen LogP contribution in [0.15, 0.2) is 48.5 Å². The first-order valence-corrected chi connectivity index (χ1v) is 7.45. The van der Waals surface area contributed by atoms with Gasteiger partial charge in [0.2, 0.25) is 0 Å². The first-order chi connectivity index (χ1) is 10.1. The van der Waals surface area contributed by atoms with Crippen LogP contribution in [0.1, 0.15) is 11.1 Å². The molecule has 0 atom stereocenters. The lowest BCUT2D eigenvalue weighted by atomic mass is 10.1. The summed E-state index contributed by atoms with van der Waals surface area (Å²) in [6, 6.07) is 15.5. The first kappa shape index (κ1) is 14.4. The maximum atomic E-state index is 6.22. The van der Waals surface area contributed by atoms with Crippen LogP contribution in [0.2, 0.25) is 15.2 Å². The fourth-order valence-corrected chi connectivity index (χ4v) is 2.57. The number of benzene rings is 2. The average Bonchev–Trinajstić information content (AvgIpc) is 2.48. The third-order valence-corrected chi connectivity index (χ3v) is 4.12. The van der Waals surface area contributed by atoms with E-state index in [0.29, 0.717) is 15.2 Å². The van der Waals surface area contributed by atoms with Gasteiger partial charge in [-0.1, -0.05) is 77.3 Å². The Morgan fingerprint density at radius 3 is 2.29 bits per heavy atom. The second-order valence-electron chi connectivity index (χ2n) is 4.57. The number of nitrogens with zero attached hydrogens (tertiary/aromatic N) is 1. The summed E-state index contributed by atoms with van der Waals surface area (Å²) in [5.41, 5.74) is 2.67. The Morgan fingerprint density at radius 2 is 1.52 bits per heavy atom. The molecule has 1 heterocycles. The number of aromatic nitrogens is 1. The molecule has 104 valence electrons. The van der Waals surface area contributed by atoms with Gasteiger partial charge in [0.05, 0.1) is 15.6 Å². The molecule has 3 aromatic rings. The fourth-order valence-electron chi connectivity index (χ4n) is 2.03. The zero-order valence-corrected chi connectivity index (χ0v) is 13.1. The summed E-state index contributed by atoms with van der Waals surface area (Å²) >= 11 is 18.3. The Labute approximate surface area is 137 Å². The number of hydrogen-bond acceptors (Lipinski definition) is 1. The highest BCUT2D eigenvalue weighted by Gasteiger charge is 2.06. The summed E-state index contributed by atoms with van der Waals surface area (Å²) in [6.07, 6.45) is 3.93. The van der Waals surface area contributed by atoms with Gasteiger partial charge in [0.15, 0.2) is 0 Å². The van der Waals surface area contributed by atoms with Gasteiger partial charge >= 0.3 is 0 Å². The Balaban J connectivity index is 2.05. The van der Waals surface area contributed by atoms with Gasteiger partial charge in [-0.3, -0.25) is 0 Å². The van der Waals surface area contributed by atoms with Gasteiger partial charge in [-0.05, 0) is 23.8 Å². The number of halogens is 3. The monoisotopic (exact) mass is 333 g/mol. The first-order valence-electron chi connectivity index (χ1n) is 6.32. The van der Waals surface area contributed by atoms with Crippen LogP contribution in [-0.4, -0.2) is 4.98 Å². The van der Waals surface area contributed by atoms with Crippen molar-refractivity contribution in [1.29, 1.82) is 0 Å². The molecule has 4 heteroatoms. The standard InChI is InChI=1S/C17H10Cl3N/c18-14-9-13-8-12(7-6-11-4-2-1-3-5-11)17(20)21-16(13)10-15(14)19/h1-10H/b7-6+. The Bertz CT molecular complexity index is 826. The summed E-state index contributed by atoms with van der Waals surface area (Å²) in [5.74, 6) is 0. The number of rotatable bonds is 2. The second kappa shape index (κ2) is 6.07. The Morgan fingerprint density at radius 1 is 0.810 bits per heavy atom. The van der Waals surface area contributed by atoms with Crippen molar-refractivity contribution in [2.45, 2.75) is 0 Å². The Kier molecular flexibility index (Phi) is 4.16. The Hall–Kier alpha value is -1.54. The molecule has 2 aromatic carbocycles. The SMILES string of the molecule is Clc1cc2cc(/C=C/c3ccccc3)c(Cl)nc2cc1Cl. The normalized spacial score (nSPS) is 11.4. The van der Waals surface area contributed by atoms with Crippen molar-refractivity contribution in [3.05, 3.63) is 74.9 Å². The molecule has 21 heavy (non-hydrogen) atoms. The quantitative estimate of drug-likeness (QED) is 0.496. The van der Waals surface area contributed by atoms with Crippen LogP contribution in [-0.2, 0) is 0 Å². The third-order valence-electron chi connectivity index (χ3n) is 3.09. The van der Waals surface area contributed by atoms with E-state index in [9.17, 15) is 0 Å². The van der Waals surface area contributed by atoms with Gasteiger partial charge in [0, 0.05) is 10.9 Å². The van der Waals surface area contributed by atoms with Crippen molar-refractivity contribution < 1.29 is 0 Å². The second-order valence-corrected chi connectivity index (χ2v) is 5.74. The van der Waals surface area contributed by atoms with E-state index in [1.807, 2.05) is 48.6 Å². The molecule has 1 nitrogen and oxygen atoms in total. The fraction of sp³-hybridized carbons (Fsp3) is 0. The minimum Gasteiger partial charge on any atom is -0.235 e. The smallest absolute Gasteiger partial charge is 0.136 e. The van der Waals surface area contributed by atoms with Gasteiger partial charge in [-0.2, -0.15) is 0 Å². The minimum atomic E-state index is 0.438. The molecule has 0 aliphatic carbocycles. The van der Waals surface area contributed by atoms with Crippen LogP contribution in [0.4, 0.5) is 0 Å². The summed E-state index contributed by atoms with van der Waals surface area (Å²) in [6.45, 7) is 0. The third kappa shape index (κ3) is 3.21. The van der Waals surface area contributed by atoms with Gasteiger partial charge < -0.3 is 0 Å². The summed E-state index contributed by atoms with van der Waals surface area (Å²) in [5, 5.41) is 2.32. The topological polar surface area (TPSA) is 12.9 Å². The van der Waals surface area contributed by atoms with Crippen molar-refractivity contribution in [1.82, 2.24) is 4.98 Å². The van der Waals surface area contributed by atoms with Crippen molar-refractivity contribution in [3.63, 3.8) is 0 Å². The minimum absolute atomic E-state index is 0.438. The highest BCUT2D eigenvalue weighted by molar-refractivity contribution is 6.42. The van der Waals surface area contributed by atoms with E-state index in [4.69, 9.17) is 34.8 Å². The molecule has 0 unspecified atom stereocenters. The lowest BCUT2D eigenvalue weighted by Crippen LogP contribution is -1.85. The predicted molar refractivity (Wildman–Crippen MR) is 92.1 cm³/mol. The van der Waals surface area contributed by atoms with Crippen molar-refractivity contribution in [2.24, 2.45) is 0 Å². The molecule has 0 N–H and O–H groups in total. The van der Waals surface area contributed by atoms with Crippen LogP contribution < -0.4 is 0 Å². The van der Waals surface area contributed by atoms with E-state index in [1.165, 1.54) is 0 Å². The van der Waals surface area contributed by atoms with E-state index in [2.05, 4.69) is 4.98 Å². The van der Waals surface area contributed by atoms with E-state index in [-0.39, 0.29) is 0 Å². The molecule has 0 aliphatic heterocycles. The van der Waals surface area contributed by atoms with E-state index in [1.54, 1.807) is 12.1 Å². The van der Waals surface area contributed by atoms with Crippen LogP contribution in [0.25, 0.3) is 23.1 Å². The molecule has 3 rings (SSSR count). The molecule has 0 aliphatic rings. The van der Waals surface area contributed by atoms with Crippen molar-refractivity contribution in [2.75, 3.05) is 0 Å².